The van der Waals surface area contributed by atoms with Gasteiger partial charge in [-0.25, -0.2) is 0 Å². The van der Waals surface area contributed by atoms with Crippen LogP contribution in [0.1, 0.15) is 55.4 Å². The van der Waals surface area contributed by atoms with Crippen molar-refractivity contribution < 1.29 is 46.8 Å². The van der Waals surface area contributed by atoms with Crippen LogP contribution in [0.15, 0.2) is 46.4 Å². The van der Waals surface area contributed by atoms with E-state index < -0.39 is 11.9 Å². The number of aliphatic carboxylic acids is 2. The van der Waals surface area contributed by atoms with E-state index in [2.05, 4.69) is 9.98 Å². The number of rotatable bonds is 4. The second-order valence-electron chi connectivity index (χ2n) is 7.78. The molecule has 1 saturated carbocycles. The number of carboxylic acid groups (broad SMARTS) is 2. The van der Waals surface area contributed by atoms with Crippen molar-refractivity contribution in [3.8, 4) is 11.5 Å². The summed E-state index contributed by atoms with van der Waals surface area (Å²) >= 11 is 0. The standard InChI is InChI=1S/C21H24N2O2.2C2H4O2.Co/c1-14-3-7-20(24)16(9-14)12-22-18-5-6-19(11-18)23-13-17-10-15(2)4-8-21(17)25;2*1-2(3)4;/h3-4,7-10,12-13,18-19,24-25H,5-6,11H2,1-2H3;2*1H3,(H,3,4);/q;;;+2/p-2. The Hall–Kier alpha value is -3.17. The first-order valence-corrected chi connectivity index (χ1v) is 10.5. The summed E-state index contributed by atoms with van der Waals surface area (Å²) in [7, 11) is 0. The van der Waals surface area contributed by atoms with Gasteiger partial charge in [-0.15, -0.1) is 0 Å². The summed E-state index contributed by atoms with van der Waals surface area (Å²) in [4.78, 5) is 27.0. The second kappa shape index (κ2) is 15.6. The summed E-state index contributed by atoms with van der Waals surface area (Å²) in [6, 6.07) is 11.5. The van der Waals surface area contributed by atoms with Crippen LogP contribution >= 0.6 is 0 Å². The van der Waals surface area contributed by atoms with Gasteiger partial charge in [-0.2, -0.15) is 0 Å². The molecule has 185 valence electrons. The fourth-order valence-corrected chi connectivity index (χ4v) is 3.13. The predicted octanol–water partition coefficient (Wildman–Crippen LogP) is 1.68. The van der Waals surface area contributed by atoms with E-state index in [-0.39, 0.29) is 40.4 Å². The average Bonchev–Trinajstić information content (AvgIpc) is 3.16. The summed E-state index contributed by atoms with van der Waals surface area (Å²) in [6.45, 7) is 5.94. The van der Waals surface area contributed by atoms with Gasteiger partial charge in [0.2, 0.25) is 0 Å². The number of hydrogen-bond acceptors (Lipinski definition) is 8. The van der Waals surface area contributed by atoms with Crippen molar-refractivity contribution in [1.29, 1.82) is 0 Å². The Bertz CT molecular complexity index is 919. The molecule has 34 heavy (non-hydrogen) atoms. The number of hydrogen-bond donors (Lipinski definition) is 2. The molecule has 2 aromatic rings. The molecule has 0 aliphatic heterocycles. The van der Waals surface area contributed by atoms with Crippen molar-refractivity contribution in [2.75, 3.05) is 0 Å². The minimum atomic E-state index is -1.08. The summed E-state index contributed by atoms with van der Waals surface area (Å²) in [5, 5.41) is 37.5. The molecule has 0 saturated heterocycles. The van der Waals surface area contributed by atoms with Crippen LogP contribution in [0.5, 0.6) is 11.5 Å². The molecule has 0 spiro atoms. The number of benzene rings is 2. The summed E-state index contributed by atoms with van der Waals surface area (Å²) in [6.07, 6.45) is 6.42. The molecule has 0 bridgehead atoms. The van der Waals surface area contributed by atoms with Crippen LogP contribution in [0.3, 0.4) is 0 Å². The van der Waals surface area contributed by atoms with Crippen LogP contribution in [0.4, 0.5) is 0 Å². The molecular weight excluding hydrogens is 483 g/mol. The number of aromatic hydroxyl groups is 2. The molecule has 1 radical (unpaired) electrons. The molecular formula is C25H30CoN2O6. The van der Waals surface area contributed by atoms with Gasteiger partial charge in [0.15, 0.2) is 0 Å². The molecule has 8 nitrogen and oxygen atoms in total. The van der Waals surface area contributed by atoms with E-state index in [4.69, 9.17) is 19.8 Å². The van der Waals surface area contributed by atoms with Gasteiger partial charge < -0.3 is 30.0 Å². The van der Waals surface area contributed by atoms with Crippen molar-refractivity contribution in [3.63, 3.8) is 0 Å². The third-order valence-electron chi connectivity index (χ3n) is 4.59. The van der Waals surface area contributed by atoms with Crippen LogP contribution in [0.2, 0.25) is 0 Å². The van der Waals surface area contributed by atoms with E-state index >= 15 is 0 Å². The number of nitrogens with zero attached hydrogens (tertiary/aromatic N) is 2. The van der Waals surface area contributed by atoms with Crippen molar-refractivity contribution in [3.05, 3.63) is 58.7 Å². The van der Waals surface area contributed by atoms with Crippen LogP contribution < -0.4 is 10.2 Å². The average molecular weight is 513 g/mol. The molecule has 1 aliphatic carbocycles. The van der Waals surface area contributed by atoms with Crippen LogP contribution in [0, 0.1) is 13.8 Å². The minimum Gasteiger partial charge on any atom is -0.550 e. The second-order valence-corrected chi connectivity index (χ2v) is 7.78. The zero-order valence-electron chi connectivity index (χ0n) is 19.7. The van der Waals surface area contributed by atoms with E-state index in [1.54, 1.807) is 24.6 Å². The third kappa shape index (κ3) is 12.8. The maximum atomic E-state index is 9.88. The van der Waals surface area contributed by atoms with Crippen LogP contribution in [-0.2, 0) is 26.4 Å². The molecule has 0 amide bonds. The van der Waals surface area contributed by atoms with Gasteiger partial charge in [0.25, 0.3) is 0 Å². The molecule has 9 heteroatoms. The van der Waals surface area contributed by atoms with E-state index in [1.165, 1.54) is 0 Å². The summed E-state index contributed by atoms with van der Waals surface area (Å²) in [5.74, 6) is -1.64. The minimum absolute atomic E-state index is 0. The maximum absolute atomic E-state index is 9.88. The Kier molecular flexibility index (Phi) is 14.2. The number of carboxylic acids is 2. The first-order chi connectivity index (χ1) is 15.5. The normalized spacial score (nSPS) is 16.7. The molecule has 2 unspecified atom stereocenters. The van der Waals surface area contributed by atoms with E-state index in [0.29, 0.717) is 0 Å². The zero-order valence-corrected chi connectivity index (χ0v) is 20.7. The molecule has 0 aromatic heterocycles. The quantitative estimate of drug-likeness (QED) is 0.595. The van der Waals surface area contributed by atoms with Gasteiger partial charge >= 0.3 is 16.8 Å². The smallest absolute Gasteiger partial charge is 0.550 e. The predicted molar refractivity (Wildman–Crippen MR) is 124 cm³/mol. The Morgan fingerprint density at radius 1 is 0.824 bits per heavy atom. The number of carbonyl (C=O) groups excluding carboxylic acids is 2. The van der Waals surface area contributed by atoms with Crippen molar-refractivity contribution in [2.24, 2.45) is 9.98 Å². The number of phenolic OH excluding ortho intramolecular Hbond substituents is 2. The van der Waals surface area contributed by atoms with Gasteiger partial charge in [0.1, 0.15) is 11.5 Å². The molecule has 3 rings (SSSR count). The van der Waals surface area contributed by atoms with Crippen molar-refractivity contribution >= 4 is 24.4 Å². The first kappa shape index (κ1) is 30.8. The Morgan fingerprint density at radius 3 is 1.47 bits per heavy atom. The zero-order chi connectivity index (χ0) is 25.0. The third-order valence-corrected chi connectivity index (χ3v) is 4.59. The van der Waals surface area contributed by atoms with Gasteiger partial charge in [-0.05, 0) is 71.2 Å². The van der Waals surface area contributed by atoms with Gasteiger partial charge in [-0.1, -0.05) is 23.3 Å². The molecule has 1 aliphatic rings. The van der Waals surface area contributed by atoms with E-state index in [0.717, 1.165) is 55.4 Å². The van der Waals surface area contributed by atoms with Crippen molar-refractivity contribution in [2.45, 2.75) is 59.0 Å². The van der Waals surface area contributed by atoms with Gasteiger partial charge in [-0.3, -0.25) is 9.98 Å². The Balaban J connectivity index is 0.00000106. The molecule has 2 aromatic carbocycles. The first-order valence-electron chi connectivity index (χ1n) is 10.5. The van der Waals surface area contributed by atoms with Crippen LogP contribution in [-0.4, -0.2) is 46.7 Å². The number of phenols is 2. The Labute approximate surface area is 210 Å². The fraction of sp³-hybridized carbons (Fsp3) is 0.360. The fourth-order valence-electron chi connectivity index (χ4n) is 3.13. The van der Waals surface area contributed by atoms with Gasteiger partial charge in [0.05, 0.1) is 12.1 Å². The largest absolute Gasteiger partial charge is 2.00 e. The topological polar surface area (TPSA) is 145 Å². The van der Waals surface area contributed by atoms with Crippen LogP contribution in [0.25, 0.3) is 0 Å². The number of aliphatic imine (C=N–C) groups is 2. The molecule has 2 atom stereocenters. The SMILES string of the molecule is CC(=O)[O-].CC(=O)[O-].Cc1ccc(O)c(C=NC2CCC(N=Cc3cc(C)ccc3O)C2)c1.[Co+2]. The van der Waals surface area contributed by atoms with Gasteiger partial charge in [0, 0.05) is 35.5 Å². The number of aryl methyl sites for hydroxylation is 2. The van der Waals surface area contributed by atoms with E-state index in [1.807, 2.05) is 38.1 Å². The maximum Gasteiger partial charge on any atom is 2.00 e. The molecule has 1 fully saturated rings. The number of carbonyl (C=O) groups is 2. The Morgan fingerprint density at radius 2 is 1.15 bits per heavy atom. The summed E-state index contributed by atoms with van der Waals surface area (Å²) < 4.78 is 0. The van der Waals surface area contributed by atoms with E-state index in [9.17, 15) is 10.2 Å². The summed E-state index contributed by atoms with van der Waals surface area (Å²) in [5.41, 5.74) is 3.73. The monoisotopic (exact) mass is 513 g/mol. The molecule has 2 N–H and O–H groups in total. The van der Waals surface area contributed by atoms with Crippen molar-refractivity contribution in [1.82, 2.24) is 0 Å². The molecule has 0 heterocycles.